The van der Waals surface area contributed by atoms with Crippen LogP contribution in [0, 0.1) is 6.92 Å². The maximum Gasteiger partial charge on any atom is 0.183 e. The van der Waals surface area contributed by atoms with E-state index in [0.717, 1.165) is 25.8 Å². The van der Waals surface area contributed by atoms with Gasteiger partial charge in [0.1, 0.15) is 10.8 Å². The molecule has 0 bridgehead atoms. The van der Waals surface area contributed by atoms with Gasteiger partial charge in [-0.25, -0.2) is 0 Å². The van der Waals surface area contributed by atoms with Crippen molar-refractivity contribution in [3.8, 4) is 16.3 Å². The Balaban J connectivity index is 2.45. The second-order valence-electron chi connectivity index (χ2n) is 3.04. The molecule has 1 aromatic carbocycles. The topological polar surface area (TPSA) is 35.0 Å². The second kappa shape index (κ2) is 4.28. The minimum atomic E-state index is 0.799. The van der Waals surface area contributed by atoms with E-state index in [2.05, 4.69) is 26.1 Å². The highest BCUT2D eigenvalue weighted by atomic mass is 79.9. The molecule has 0 amide bonds. The van der Waals surface area contributed by atoms with E-state index < -0.39 is 0 Å². The summed E-state index contributed by atoms with van der Waals surface area (Å²) in [4.78, 5) is 0. The van der Waals surface area contributed by atoms with Gasteiger partial charge in [-0.1, -0.05) is 11.3 Å². The maximum atomic E-state index is 5.15. The van der Waals surface area contributed by atoms with Crippen molar-refractivity contribution in [2.24, 2.45) is 0 Å². The largest absolute Gasteiger partial charge is 0.497 e. The van der Waals surface area contributed by atoms with Crippen LogP contribution >= 0.6 is 27.3 Å². The summed E-state index contributed by atoms with van der Waals surface area (Å²) in [6, 6.07) is 5.92. The highest BCUT2D eigenvalue weighted by Crippen LogP contribution is 2.30. The van der Waals surface area contributed by atoms with Crippen LogP contribution in [0.15, 0.2) is 22.1 Å². The Kier molecular flexibility index (Phi) is 3.02. The van der Waals surface area contributed by atoms with Crippen molar-refractivity contribution in [1.82, 2.24) is 10.2 Å². The van der Waals surface area contributed by atoms with Gasteiger partial charge in [-0.3, -0.25) is 0 Å². The van der Waals surface area contributed by atoms with Gasteiger partial charge in [0.2, 0.25) is 0 Å². The van der Waals surface area contributed by atoms with E-state index in [-0.39, 0.29) is 0 Å². The number of halogens is 1. The summed E-state index contributed by atoms with van der Waals surface area (Å²) in [5.41, 5.74) is 2.23. The molecule has 15 heavy (non-hydrogen) atoms. The number of aryl methyl sites for hydroxylation is 1. The van der Waals surface area contributed by atoms with Crippen LogP contribution in [0.2, 0.25) is 0 Å². The summed E-state index contributed by atoms with van der Waals surface area (Å²) < 4.78 is 5.95. The zero-order chi connectivity index (χ0) is 10.8. The number of hydrogen-bond acceptors (Lipinski definition) is 4. The monoisotopic (exact) mass is 284 g/mol. The van der Waals surface area contributed by atoms with Crippen LogP contribution in [-0.2, 0) is 0 Å². The van der Waals surface area contributed by atoms with E-state index in [9.17, 15) is 0 Å². The molecular formula is C10H9BrN2OS. The fourth-order valence-corrected chi connectivity index (χ4v) is 2.52. The maximum absolute atomic E-state index is 5.15. The molecule has 0 saturated heterocycles. The normalized spacial score (nSPS) is 10.3. The fraction of sp³-hybridized carbons (Fsp3) is 0.200. The van der Waals surface area contributed by atoms with Gasteiger partial charge in [-0.2, -0.15) is 0 Å². The highest BCUT2D eigenvalue weighted by Gasteiger charge is 2.08. The van der Waals surface area contributed by atoms with Gasteiger partial charge in [-0.15, -0.1) is 10.2 Å². The van der Waals surface area contributed by atoms with Gasteiger partial charge in [0, 0.05) is 5.56 Å². The Morgan fingerprint density at radius 2 is 2.13 bits per heavy atom. The molecule has 0 N–H and O–H groups in total. The third-order valence-corrected chi connectivity index (χ3v) is 3.45. The van der Waals surface area contributed by atoms with Crippen LogP contribution in [-0.4, -0.2) is 17.3 Å². The molecule has 0 aliphatic heterocycles. The van der Waals surface area contributed by atoms with Crippen LogP contribution in [0.5, 0.6) is 5.75 Å². The first-order valence-corrected chi connectivity index (χ1v) is 5.95. The van der Waals surface area contributed by atoms with E-state index in [1.165, 1.54) is 11.3 Å². The van der Waals surface area contributed by atoms with Crippen LogP contribution in [0.25, 0.3) is 10.6 Å². The summed E-state index contributed by atoms with van der Waals surface area (Å²) in [7, 11) is 1.66. The Bertz CT molecular complexity index is 484. The fourth-order valence-electron chi connectivity index (χ4n) is 1.32. The molecule has 2 rings (SSSR count). The lowest BCUT2D eigenvalue weighted by Gasteiger charge is -2.04. The molecule has 1 aromatic heterocycles. The number of nitrogens with zero attached hydrogens (tertiary/aromatic N) is 2. The van der Waals surface area contributed by atoms with Crippen molar-refractivity contribution >= 4 is 27.3 Å². The van der Waals surface area contributed by atoms with Crippen LogP contribution in [0.4, 0.5) is 0 Å². The minimum absolute atomic E-state index is 0.799. The van der Waals surface area contributed by atoms with Gasteiger partial charge in [0.25, 0.3) is 0 Å². The smallest absolute Gasteiger partial charge is 0.183 e. The van der Waals surface area contributed by atoms with Gasteiger partial charge < -0.3 is 4.74 Å². The molecule has 3 nitrogen and oxygen atoms in total. The molecule has 5 heteroatoms. The first kappa shape index (κ1) is 10.6. The average Bonchev–Trinajstić information content (AvgIpc) is 2.64. The van der Waals surface area contributed by atoms with Crippen molar-refractivity contribution in [1.29, 1.82) is 0 Å². The molecular weight excluding hydrogens is 276 g/mol. The molecule has 0 aliphatic rings. The Labute approximate surface area is 100 Å². The number of aromatic nitrogens is 2. The Morgan fingerprint density at radius 1 is 1.33 bits per heavy atom. The molecule has 0 fully saturated rings. The number of hydrogen-bond donors (Lipinski definition) is 0. The molecule has 0 unspecified atom stereocenters. The molecule has 0 aliphatic carbocycles. The van der Waals surface area contributed by atoms with E-state index >= 15 is 0 Å². The van der Waals surface area contributed by atoms with Crippen LogP contribution in [0.1, 0.15) is 5.56 Å². The summed E-state index contributed by atoms with van der Waals surface area (Å²) in [5.74, 6) is 0.861. The summed E-state index contributed by atoms with van der Waals surface area (Å²) in [5, 5.41) is 8.93. The minimum Gasteiger partial charge on any atom is -0.497 e. The van der Waals surface area contributed by atoms with E-state index in [4.69, 9.17) is 4.74 Å². The molecule has 0 saturated carbocycles. The van der Waals surface area contributed by atoms with Crippen molar-refractivity contribution in [2.75, 3.05) is 7.11 Å². The van der Waals surface area contributed by atoms with Crippen LogP contribution in [0.3, 0.4) is 0 Å². The third kappa shape index (κ3) is 2.18. The Morgan fingerprint density at radius 3 is 2.67 bits per heavy atom. The van der Waals surface area contributed by atoms with Gasteiger partial charge >= 0.3 is 0 Å². The lowest BCUT2D eigenvalue weighted by molar-refractivity contribution is 0.414. The quantitative estimate of drug-likeness (QED) is 0.849. The first-order valence-electron chi connectivity index (χ1n) is 4.34. The van der Waals surface area contributed by atoms with Crippen molar-refractivity contribution < 1.29 is 4.74 Å². The highest BCUT2D eigenvalue weighted by molar-refractivity contribution is 9.11. The van der Waals surface area contributed by atoms with E-state index in [1.54, 1.807) is 7.11 Å². The lowest BCUT2D eigenvalue weighted by atomic mass is 10.1. The van der Waals surface area contributed by atoms with E-state index in [0.29, 0.717) is 0 Å². The second-order valence-corrected chi connectivity index (χ2v) is 5.29. The third-order valence-electron chi connectivity index (χ3n) is 2.06. The number of ether oxygens (including phenoxy) is 1. The number of benzene rings is 1. The zero-order valence-electron chi connectivity index (χ0n) is 8.32. The molecule has 78 valence electrons. The summed E-state index contributed by atoms with van der Waals surface area (Å²) >= 11 is 4.82. The van der Waals surface area contributed by atoms with Gasteiger partial charge in [0.05, 0.1) is 7.11 Å². The van der Waals surface area contributed by atoms with E-state index in [1.807, 2.05) is 25.1 Å². The molecule has 0 atom stereocenters. The standard InChI is InChI=1S/C10H9BrN2OS/c1-6-5-7(14-2)3-4-8(6)9-12-13-10(11)15-9/h3-5H,1-2H3. The molecule has 1 heterocycles. The van der Waals surface area contributed by atoms with Crippen molar-refractivity contribution in [3.63, 3.8) is 0 Å². The first-order chi connectivity index (χ1) is 7.20. The predicted molar refractivity (Wildman–Crippen MR) is 64.3 cm³/mol. The van der Waals surface area contributed by atoms with Gasteiger partial charge in [-0.05, 0) is 46.6 Å². The zero-order valence-corrected chi connectivity index (χ0v) is 10.7. The average molecular weight is 285 g/mol. The summed E-state index contributed by atoms with van der Waals surface area (Å²) in [6.07, 6.45) is 0. The van der Waals surface area contributed by atoms with Crippen molar-refractivity contribution in [2.45, 2.75) is 6.92 Å². The molecule has 2 aromatic rings. The van der Waals surface area contributed by atoms with Crippen LogP contribution < -0.4 is 4.74 Å². The molecule has 0 radical (unpaired) electrons. The number of methoxy groups -OCH3 is 1. The molecule has 0 spiro atoms. The Hall–Kier alpha value is -0.940. The lowest BCUT2D eigenvalue weighted by Crippen LogP contribution is -1.86. The predicted octanol–water partition coefficient (Wildman–Crippen LogP) is 3.28. The summed E-state index contributed by atoms with van der Waals surface area (Å²) in [6.45, 7) is 2.03. The van der Waals surface area contributed by atoms with Gasteiger partial charge in [0.15, 0.2) is 3.92 Å². The SMILES string of the molecule is COc1ccc(-c2nnc(Br)s2)c(C)c1. The number of rotatable bonds is 2. The van der Waals surface area contributed by atoms with Crippen molar-refractivity contribution in [3.05, 3.63) is 27.7 Å².